The first-order valence-corrected chi connectivity index (χ1v) is 7.64. The maximum absolute atomic E-state index is 13.4. The minimum atomic E-state index is -0.123. The summed E-state index contributed by atoms with van der Waals surface area (Å²) >= 11 is 3.56. The summed E-state index contributed by atoms with van der Waals surface area (Å²) in [5.74, 6) is 0.705. The summed E-state index contributed by atoms with van der Waals surface area (Å²) in [6.45, 7) is 2.20. The molecule has 1 nitrogen and oxygen atoms in total. The maximum atomic E-state index is 13.4. The topological polar surface area (TPSA) is 12.0 Å². The van der Waals surface area contributed by atoms with Crippen molar-refractivity contribution >= 4 is 15.9 Å². The highest BCUT2D eigenvalue weighted by molar-refractivity contribution is 9.10. The third-order valence-corrected chi connectivity index (χ3v) is 5.50. The molecule has 0 amide bonds. The van der Waals surface area contributed by atoms with Gasteiger partial charge in [-0.05, 0) is 48.9 Å². The second kappa shape index (κ2) is 4.93. The Hall–Kier alpha value is -0.410. The fourth-order valence-corrected chi connectivity index (χ4v) is 3.99. The summed E-state index contributed by atoms with van der Waals surface area (Å²) in [6, 6.07) is 5.05. The van der Waals surface area contributed by atoms with E-state index in [9.17, 15) is 4.39 Å². The fraction of sp³-hybridized carbons (Fsp3) is 0.600. The Kier molecular flexibility index (Phi) is 3.46. The lowest BCUT2D eigenvalue weighted by Gasteiger charge is -2.48. The molecule has 0 unspecified atom stereocenters. The van der Waals surface area contributed by atoms with Crippen LogP contribution in [0.4, 0.5) is 4.39 Å². The van der Waals surface area contributed by atoms with Crippen molar-refractivity contribution in [1.29, 1.82) is 0 Å². The molecule has 3 rings (SSSR count). The van der Waals surface area contributed by atoms with E-state index in [4.69, 9.17) is 0 Å². The minimum Gasteiger partial charge on any atom is -0.315 e. The Morgan fingerprint density at radius 1 is 1.28 bits per heavy atom. The van der Waals surface area contributed by atoms with E-state index in [1.807, 2.05) is 6.07 Å². The zero-order valence-electron chi connectivity index (χ0n) is 10.5. The molecule has 1 aliphatic carbocycles. The Bertz CT molecular complexity index is 436. The van der Waals surface area contributed by atoms with Crippen molar-refractivity contribution in [1.82, 2.24) is 5.32 Å². The summed E-state index contributed by atoms with van der Waals surface area (Å²) in [4.78, 5) is 0. The minimum absolute atomic E-state index is 0.123. The Morgan fingerprint density at radius 3 is 2.61 bits per heavy atom. The molecule has 0 radical (unpaired) electrons. The number of nitrogens with one attached hydrogen (secondary N) is 1. The van der Waals surface area contributed by atoms with Crippen molar-refractivity contribution in [2.75, 3.05) is 13.1 Å². The molecule has 0 spiro atoms. The van der Waals surface area contributed by atoms with E-state index in [2.05, 4.69) is 21.2 Å². The average molecular weight is 312 g/mol. The van der Waals surface area contributed by atoms with Crippen LogP contribution in [-0.2, 0) is 6.42 Å². The van der Waals surface area contributed by atoms with Gasteiger partial charge in [0.15, 0.2) is 0 Å². The van der Waals surface area contributed by atoms with Gasteiger partial charge >= 0.3 is 0 Å². The standard InChI is InChI=1S/C15H19BrFN/c16-14-6-5-13(17)7-11(14)8-15(9-18-10-15)12-3-1-2-4-12/h5-7,12,18H,1-4,8-10H2. The Labute approximate surface area is 116 Å². The molecule has 1 aromatic carbocycles. The van der Waals surface area contributed by atoms with Gasteiger partial charge in [-0.1, -0.05) is 28.8 Å². The highest BCUT2D eigenvalue weighted by Gasteiger charge is 2.44. The van der Waals surface area contributed by atoms with Crippen molar-refractivity contribution in [3.05, 3.63) is 34.1 Å². The van der Waals surface area contributed by atoms with Crippen LogP contribution in [0.5, 0.6) is 0 Å². The Balaban J connectivity index is 1.82. The SMILES string of the molecule is Fc1ccc(Br)c(CC2(C3CCCC3)CNC2)c1. The first-order chi connectivity index (χ1) is 8.70. The molecule has 1 saturated carbocycles. The van der Waals surface area contributed by atoms with Gasteiger partial charge in [0.25, 0.3) is 0 Å². The molecule has 1 aliphatic heterocycles. The molecule has 2 aliphatic rings. The fourth-order valence-electron chi connectivity index (χ4n) is 3.60. The summed E-state index contributed by atoms with van der Waals surface area (Å²) in [6.07, 6.45) is 6.46. The van der Waals surface area contributed by atoms with Crippen molar-refractivity contribution in [2.24, 2.45) is 11.3 Å². The molecule has 1 aromatic rings. The predicted molar refractivity (Wildman–Crippen MR) is 75.1 cm³/mol. The van der Waals surface area contributed by atoms with Crippen molar-refractivity contribution in [3.8, 4) is 0 Å². The molecule has 0 atom stereocenters. The van der Waals surface area contributed by atoms with Gasteiger partial charge in [-0.3, -0.25) is 0 Å². The summed E-state index contributed by atoms with van der Waals surface area (Å²) in [5.41, 5.74) is 1.51. The third-order valence-electron chi connectivity index (χ3n) is 4.73. The predicted octanol–water partition coefficient (Wildman–Crippen LogP) is 3.91. The van der Waals surface area contributed by atoms with Gasteiger partial charge in [-0.25, -0.2) is 4.39 Å². The average Bonchev–Trinajstić information content (AvgIpc) is 2.82. The zero-order valence-corrected chi connectivity index (χ0v) is 12.1. The first kappa shape index (κ1) is 12.6. The van der Waals surface area contributed by atoms with Crippen LogP contribution in [0.1, 0.15) is 31.2 Å². The van der Waals surface area contributed by atoms with Gasteiger partial charge in [0.2, 0.25) is 0 Å². The van der Waals surface area contributed by atoms with Crippen LogP contribution in [0, 0.1) is 17.2 Å². The molecule has 1 saturated heterocycles. The van der Waals surface area contributed by atoms with E-state index >= 15 is 0 Å². The van der Waals surface area contributed by atoms with Crippen LogP contribution < -0.4 is 5.32 Å². The molecule has 1 heterocycles. The van der Waals surface area contributed by atoms with Crippen molar-refractivity contribution in [3.63, 3.8) is 0 Å². The van der Waals surface area contributed by atoms with E-state index < -0.39 is 0 Å². The van der Waals surface area contributed by atoms with Gasteiger partial charge < -0.3 is 5.32 Å². The highest BCUT2D eigenvalue weighted by Crippen LogP contribution is 2.45. The largest absolute Gasteiger partial charge is 0.315 e. The normalized spacial score (nSPS) is 23.0. The number of rotatable bonds is 3. The summed E-state index contributed by atoms with van der Waals surface area (Å²) < 4.78 is 14.4. The smallest absolute Gasteiger partial charge is 0.123 e. The maximum Gasteiger partial charge on any atom is 0.123 e. The van der Waals surface area contributed by atoms with E-state index in [-0.39, 0.29) is 5.82 Å². The number of halogens is 2. The lowest BCUT2D eigenvalue weighted by Crippen LogP contribution is -2.58. The quantitative estimate of drug-likeness (QED) is 0.892. The van der Waals surface area contributed by atoms with Crippen LogP contribution in [0.3, 0.4) is 0 Å². The van der Waals surface area contributed by atoms with Crippen molar-refractivity contribution in [2.45, 2.75) is 32.1 Å². The highest BCUT2D eigenvalue weighted by atomic mass is 79.9. The second-order valence-electron chi connectivity index (χ2n) is 5.86. The molecule has 0 aromatic heterocycles. The van der Waals surface area contributed by atoms with Gasteiger partial charge in [0, 0.05) is 23.0 Å². The number of hydrogen-bond donors (Lipinski definition) is 1. The van der Waals surface area contributed by atoms with Gasteiger partial charge in [-0.2, -0.15) is 0 Å². The third kappa shape index (κ3) is 2.23. The van der Waals surface area contributed by atoms with Crippen molar-refractivity contribution < 1.29 is 4.39 Å². The second-order valence-corrected chi connectivity index (χ2v) is 6.71. The molecule has 2 fully saturated rings. The van der Waals surface area contributed by atoms with Crippen LogP contribution in [-0.4, -0.2) is 13.1 Å². The lowest BCUT2D eigenvalue weighted by atomic mass is 9.66. The molecular weight excluding hydrogens is 293 g/mol. The van der Waals surface area contributed by atoms with E-state index in [0.717, 1.165) is 35.5 Å². The molecular formula is C15H19BrFN. The molecule has 98 valence electrons. The van der Waals surface area contributed by atoms with Crippen LogP contribution in [0.15, 0.2) is 22.7 Å². The van der Waals surface area contributed by atoms with Gasteiger partial charge in [0.1, 0.15) is 5.82 Å². The molecule has 3 heteroatoms. The van der Waals surface area contributed by atoms with E-state index in [1.165, 1.54) is 31.7 Å². The zero-order chi connectivity index (χ0) is 12.6. The van der Waals surface area contributed by atoms with Crippen LogP contribution >= 0.6 is 15.9 Å². The Morgan fingerprint density at radius 2 is 2.00 bits per heavy atom. The monoisotopic (exact) mass is 311 g/mol. The first-order valence-electron chi connectivity index (χ1n) is 6.84. The summed E-state index contributed by atoms with van der Waals surface area (Å²) in [5, 5.41) is 3.42. The lowest BCUT2D eigenvalue weighted by molar-refractivity contribution is 0.0809. The number of benzene rings is 1. The molecule has 0 bridgehead atoms. The molecule has 18 heavy (non-hydrogen) atoms. The summed E-state index contributed by atoms with van der Waals surface area (Å²) in [7, 11) is 0. The number of hydrogen-bond acceptors (Lipinski definition) is 1. The van der Waals surface area contributed by atoms with Crippen LogP contribution in [0.2, 0.25) is 0 Å². The van der Waals surface area contributed by atoms with E-state index in [0.29, 0.717) is 5.41 Å². The van der Waals surface area contributed by atoms with E-state index in [1.54, 1.807) is 6.07 Å². The molecule has 1 N–H and O–H groups in total. The van der Waals surface area contributed by atoms with Crippen LogP contribution in [0.25, 0.3) is 0 Å². The van der Waals surface area contributed by atoms with Gasteiger partial charge in [-0.15, -0.1) is 0 Å². The van der Waals surface area contributed by atoms with Gasteiger partial charge in [0.05, 0.1) is 0 Å².